The molecule has 3 nitrogen and oxygen atoms in total. The molecule has 1 aliphatic rings. The largest absolute Gasteiger partial charge is 0.272 e. The molecule has 1 aromatic carbocycles. The molecule has 1 aromatic rings. The fraction of sp³-hybridized carbons (Fsp3) is 0.529. The van der Waals surface area contributed by atoms with Crippen LogP contribution in [0.5, 0.6) is 0 Å². The first-order valence-electron chi connectivity index (χ1n) is 7.62. The van der Waals surface area contributed by atoms with Gasteiger partial charge in [-0.3, -0.25) is 4.79 Å². The highest BCUT2D eigenvalue weighted by Crippen LogP contribution is 2.16. The number of hydrogen-bond donors (Lipinski definition) is 1. The van der Waals surface area contributed by atoms with E-state index in [1.54, 1.807) is 11.8 Å². The third kappa shape index (κ3) is 5.92. The van der Waals surface area contributed by atoms with E-state index >= 15 is 0 Å². The molecule has 21 heavy (non-hydrogen) atoms. The lowest BCUT2D eigenvalue weighted by atomic mass is 9.99. The fourth-order valence-electron chi connectivity index (χ4n) is 2.66. The molecular formula is C17H24N2OS. The van der Waals surface area contributed by atoms with Crippen molar-refractivity contribution in [3.05, 3.63) is 34.9 Å². The first kappa shape index (κ1) is 16.1. The van der Waals surface area contributed by atoms with Crippen LogP contribution in [-0.4, -0.2) is 17.4 Å². The van der Waals surface area contributed by atoms with Gasteiger partial charge in [0, 0.05) is 11.5 Å². The summed E-state index contributed by atoms with van der Waals surface area (Å²) in [5.41, 5.74) is 7.67. The molecule has 1 fully saturated rings. The van der Waals surface area contributed by atoms with Crippen LogP contribution in [0.4, 0.5) is 0 Å². The van der Waals surface area contributed by atoms with Crippen molar-refractivity contribution in [2.45, 2.75) is 51.7 Å². The Morgan fingerprint density at radius 2 is 1.81 bits per heavy atom. The van der Waals surface area contributed by atoms with Crippen LogP contribution in [-0.2, 0) is 10.5 Å². The number of thioether (sulfide) groups is 1. The number of nitrogens with zero attached hydrogens (tertiary/aromatic N) is 1. The number of aryl methyl sites for hydroxylation is 2. The molecule has 0 saturated heterocycles. The van der Waals surface area contributed by atoms with Gasteiger partial charge in [-0.2, -0.15) is 5.10 Å². The lowest BCUT2D eigenvalue weighted by Crippen LogP contribution is -2.22. The van der Waals surface area contributed by atoms with Gasteiger partial charge in [0.05, 0.1) is 5.75 Å². The van der Waals surface area contributed by atoms with E-state index in [9.17, 15) is 4.79 Å². The SMILES string of the molecule is Cc1cc(C)cc(CSCC(=O)NN=C2CCCCC2)c1. The molecule has 0 radical (unpaired) electrons. The number of hydrogen-bond acceptors (Lipinski definition) is 3. The van der Waals surface area contributed by atoms with Gasteiger partial charge in [-0.1, -0.05) is 35.7 Å². The number of carbonyl (C=O) groups excluding carboxylic acids is 1. The Morgan fingerprint density at radius 1 is 1.14 bits per heavy atom. The summed E-state index contributed by atoms with van der Waals surface area (Å²) in [6.07, 6.45) is 5.77. The summed E-state index contributed by atoms with van der Waals surface area (Å²) in [5, 5.41) is 4.24. The van der Waals surface area contributed by atoms with Crippen LogP contribution in [0.25, 0.3) is 0 Å². The third-order valence-electron chi connectivity index (χ3n) is 3.55. The van der Waals surface area contributed by atoms with Gasteiger partial charge in [-0.05, 0) is 45.1 Å². The number of hydrazone groups is 1. The highest BCUT2D eigenvalue weighted by atomic mass is 32.2. The molecule has 1 amide bonds. The van der Waals surface area contributed by atoms with Crippen LogP contribution < -0.4 is 5.43 Å². The normalized spacial score (nSPS) is 14.9. The lowest BCUT2D eigenvalue weighted by Gasteiger charge is -2.12. The van der Waals surface area contributed by atoms with Gasteiger partial charge >= 0.3 is 0 Å². The minimum absolute atomic E-state index is 0.00227. The zero-order chi connectivity index (χ0) is 15.1. The van der Waals surface area contributed by atoms with Crippen molar-refractivity contribution in [1.82, 2.24) is 5.43 Å². The summed E-state index contributed by atoms with van der Waals surface area (Å²) in [7, 11) is 0. The van der Waals surface area contributed by atoms with E-state index in [-0.39, 0.29) is 5.91 Å². The van der Waals surface area contributed by atoms with E-state index < -0.39 is 0 Å². The van der Waals surface area contributed by atoms with Crippen LogP contribution in [0, 0.1) is 13.8 Å². The van der Waals surface area contributed by atoms with Crippen LogP contribution >= 0.6 is 11.8 Å². The predicted molar refractivity (Wildman–Crippen MR) is 90.7 cm³/mol. The van der Waals surface area contributed by atoms with E-state index in [4.69, 9.17) is 0 Å². The topological polar surface area (TPSA) is 41.5 Å². The van der Waals surface area contributed by atoms with Gasteiger partial charge in [0.2, 0.25) is 5.91 Å². The Morgan fingerprint density at radius 3 is 2.48 bits per heavy atom. The maximum atomic E-state index is 11.8. The fourth-order valence-corrected chi connectivity index (χ4v) is 3.41. The van der Waals surface area contributed by atoms with Crippen molar-refractivity contribution in [2.24, 2.45) is 5.10 Å². The summed E-state index contributed by atoms with van der Waals surface area (Å²) in [6.45, 7) is 4.21. The number of benzene rings is 1. The van der Waals surface area contributed by atoms with Crippen LogP contribution in [0.3, 0.4) is 0 Å². The van der Waals surface area contributed by atoms with Gasteiger partial charge in [0.25, 0.3) is 0 Å². The molecule has 2 rings (SSSR count). The standard InChI is InChI=1S/C17H24N2OS/c1-13-8-14(2)10-15(9-13)11-21-12-17(20)19-18-16-6-4-3-5-7-16/h8-10H,3-7,11-12H2,1-2H3,(H,19,20). The number of amides is 1. The van der Waals surface area contributed by atoms with Crippen LogP contribution in [0.2, 0.25) is 0 Å². The van der Waals surface area contributed by atoms with E-state index in [0.717, 1.165) is 24.3 Å². The highest BCUT2D eigenvalue weighted by Gasteiger charge is 2.07. The second-order valence-electron chi connectivity index (χ2n) is 5.76. The predicted octanol–water partition coefficient (Wildman–Crippen LogP) is 3.97. The van der Waals surface area contributed by atoms with E-state index in [0.29, 0.717) is 5.75 Å². The Labute approximate surface area is 131 Å². The Bertz CT molecular complexity index is 497. The third-order valence-corrected chi connectivity index (χ3v) is 4.56. The monoisotopic (exact) mass is 304 g/mol. The smallest absolute Gasteiger partial charge is 0.250 e. The number of rotatable bonds is 5. The minimum atomic E-state index is 0.00227. The second-order valence-corrected chi connectivity index (χ2v) is 6.75. The van der Waals surface area contributed by atoms with Gasteiger partial charge in [0.1, 0.15) is 0 Å². The minimum Gasteiger partial charge on any atom is -0.272 e. The number of nitrogens with one attached hydrogen (secondary N) is 1. The molecule has 1 N–H and O–H groups in total. The van der Waals surface area contributed by atoms with Crippen molar-refractivity contribution in [3.63, 3.8) is 0 Å². The van der Waals surface area contributed by atoms with Gasteiger partial charge in [0.15, 0.2) is 0 Å². The summed E-state index contributed by atoms with van der Waals surface area (Å²) in [4.78, 5) is 11.8. The quantitative estimate of drug-likeness (QED) is 0.836. The van der Waals surface area contributed by atoms with Crippen LogP contribution in [0.15, 0.2) is 23.3 Å². The van der Waals surface area contributed by atoms with E-state index in [1.807, 2.05) is 0 Å². The average molecular weight is 304 g/mol. The average Bonchev–Trinajstić information content (AvgIpc) is 2.45. The zero-order valence-corrected chi connectivity index (χ0v) is 13.8. The Kier molecular flexibility index (Phi) is 6.30. The van der Waals surface area contributed by atoms with E-state index in [2.05, 4.69) is 42.6 Å². The molecule has 1 saturated carbocycles. The lowest BCUT2D eigenvalue weighted by molar-refractivity contribution is -0.118. The molecule has 114 valence electrons. The molecule has 0 aliphatic heterocycles. The second kappa shape index (κ2) is 8.23. The van der Waals surface area contributed by atoms with Gasteiger partial charge < -0.3 is 0 Å². The van der Waals surface area contributed by atoms with Crippen molar-refractivity contribution in [3.8, 4) is 0 Å². The van der Waals surface area contributed by atoms with Gasteiger partial charge in [-0.25, -0.2) is 5.43 Å². The van der Waals surface area contributed by atoms with Crippen molar-refractivity contribution >= 4 is 23.4 Å². The summed E-state index contributed by atoms with van der Waals surface area (Å²) in [6, 6.07) is 6.53. The first-order chi connectivity index (χ1) is 10.1. The summed E-state index contributed by atoms with van der Waals surface area (Å²) < 4.78 is 0. The summed E-state index contributed by atoms with van der Waals surface area (Å²) in [5.74, 6) is 1.33. The Balaban J connectivity index is 1.71. The molecular weight excluding hydrogens is 280 g/mol. The zero-order valence-electron chi connectivity index (χ0n) is 12.9. The maximum Gasteiger partial charge on any atom is 0.250 e. The Hall–Kier alpha value is -1.29. The molecule has 0 heterocycles. The number of carbonyl (C=O) groups is 1. The summed E-state index contributed by atoms with van der Waals surface area (Å²) >= 11 is 1.64. The van der Waals surface area contributed by atoms with Crippen LogP contribution in [0.1, 0.15) is 48.8 Å². The molecule has 0 bridgehead atoms. The highest BCUT2D eigenvalue weighted by molar-refractivity contribution is 7.99. The first-order valence-corrected chi connectivity index (χ1v) is 8.78. The molecule has 0 spiro atoms. The molecule has 1 aliphatic carbocycles. The van der Waals surface area contributed by atoms with Crippen molar-refractivity contribution in [2.75, 3.05) is 5.75 Å². The van der Waals surface area contributed by atoms with Gasteiger partial charge in [-0.15, -0.1) is 11.8 Å². The molecule has 4 heteroatoms. The molecule has 0 atom stereocenters. The molecule has 0 unspecified atom stereocenters. The van der Waals surface area contributed by atoms with E-state index in [1.165, 1.54) is 36.0 Å². The van der Waals surface area contributed by atoms with Crippen molar-refractivity contribution < 1.29 is 4.79 Å². The maximum absolute atomic E-state index is 11.8. The molecule has 0 aromatic heterocycles. The van der Waals surface area contributed by atoms with Crippen molar-refractivity contribution in [1.29, 1.82) is 0 Å².